The molecule has 1 fully saturated rings. The zero-order chi connectivity index (χ0) is 24.1. The van der Waals surface area contributed by atoms with Crippen LogP contribution >= 0.6 is 23.4 Å². The number of benzene rings is 3. The second kappa shape index (κ2) is 10.6. The van der Waals surface area contributed by atoms with Crippen molar-refractivity contribution < 1.29 is 23.9 Å². The molecule has 1 heterocycles. The Labute approximate surface area is 206 Å². The average Bonchev–Trinajstić information content (AvgIpc) is 3.08. The van der Waals surface area contributed by atoms with Crippen LogP contribution in [0.2, 0.25) is 5.02 Å². The lowest BCUT2D eigenvalue weighted by molar-refractivity contribution is -0.123. The molecule has 4 rings (SSSR count). The lowest BCUT2D eigenvalue weighted by atomic mass is 10.2. The van der Waals surface area contributed by atoms with E-state index < -0.39 is 5.97 Å². The highest BCUT2D eigenvalue weighted by atomic mass is 35.5. The Balaban J connectivity index is 1.40. The number of aryl methyl sites for hydroxylation is 1. The summed E-state index contributed by atoms with van der Waals surface area (Å²) < 4.78 is 11.1. The molecular weight excluding hydrogens is 474 g/mol. The van der Waals surface area contributed by atoms with Crippen LogP contribution in [-0.4, -0.2) is 35.2 Å². The number of carbonyl (C=O) groups is 3. The van der Waals surface area contributed by atoms with E-state index in [-0.39, 0.29) is 34.8 Å². The second-order valence-electron chi connectivity index (χ2n) is 7.44. The van der Waals surface area contributed by atoms with Gasteiger partial charge in [0, 0.05) is 0 Å². The van der Waals surface area contributed by atoms with Gasteiger partial charge in [0.05, 0.1) is 22.0 Å². The second-order valence-corrected chi connectivity index (χ2v) is 8.84. The zero-order valence-corrected chi connectivity index (χ0v) is 19.8. The number of halogens is 1. The number of carbonyl (C=O) groups excluding carboxylic acids is 3. The van der Waals surface area contributed by atoms with Crippen LogP contribution in [0.4, 0.5) is 4.79 Å². The molecule has 172 valence electrons. The first-order valence-electron chi connectivity index (χ1n) is 10.4. The number of thioether (sulfide) groups is 1. The molecule has 8 heteroatoms. The first-order valence-corrected chi connectivity index (χ1v) is 11.6. The van der Waals surface area contributed by atoms with Gasteiger partial charge in [0.15, 0.2) is 0 Å². The van der Waals surface area contributed by atoms with Gasteiger partial charge in [0.2, 0.25) is 0 Å². The van der Waals surface area contributed by atoms with Crippen LogP contribution in [0.25, 0.3) is 6.08 Å². The summed E-state index contributed by atoms with van der Waals surface area (Å²) in [5.74, 6) is -0.00159. The van der Waals surface area contributed by atoms with Gasteiger partial charge in [-0.2, -0.15) is 0 Å². The van der Waals surface area contributed by atoms with E-state index in [0.29, 0.717) is 22.1 Å². The molecular formula is C26H20ClNO5S. The van der Waals surface area contributed by atoms with Crippen molar-refractivity contribution in [3.05, 3.63) is 99.4 Å². The molecule has 2 amide bonds. The van der Waals surface area contributed by atoms with E-state index in [0.717, 1.165) is 22.2 Å². The highest BCUT2D eigenvalue weighted by Gasteiger charge is 2.34. The maximum Gasteiger partial charge on any atom is 0.345 e. The number of rotatable bonds is 7. The molecule has 0 saturated carbocycles. The third-order valence-electron chi connectivity index (χ3n) is 4.94. The molecule has 0 radical (unpaired) electrons. The van der Waals surface area contributed by atoms with Gasteiger partial charge in [-0.3, -0.25) is 14.5 Å². The van der Waals surface area contributed by atoms with Gasteiger partial charge in [0.1, 0.15) is 18.1 Å². The molecule has 3 aromatic carbocycles. The fraction of sp³-hybridized carbons (Fsp3) is 0.115. The molecule has 0 unspecified atom stereocenters. The maximum atomic E-state index is 12.8. The van der Waals surface area contributed by atoms with E-state index in [9.17, 15) is 14.4 Å². The van der Waals surface area contributed by atoms with Crippen molar-refractivity contribution >= 4 is 46.6 Å². The molecule has 3 aromatic rings. The standard InChI is InChI=1S/C26H20ClNO5S/c1-17-9-11-19(12-10-17)32-14-13-28-24(29)23(34-26(28)31)16-18-5-4-6-20(15-18)33-25(30)21-7-2-3-8-22(21)27/h2-12,15-16H,13-14H2,1H3/b23-16-. The van der Waals surface area contributed by atoms with Crippen LogP contribution in [-0.2, 0) is 4.79 Å². The Kier molecular flexibility index (Phi) is 7.35. The van der Waals surface area contributed by atoms with Crippen LogP contribution in [0.5, 0.6) is 11.5 Å². The number of amides is 2. The van der Waals surface area contributed by atoms with E-state index in [4.69, 9.17) is 21.1 Å². The molecule has 0 spiro atoms. The average molecular weight is 494 g/mol. The van der Waals surface area contributed by atoms with Gasteiger partial charge >= 0.3 is 5.97 Å². The zero-order valence-electron chi connectivity index (χ0n) is 18.2. The quantitative estimate of drug-likeness (QED) is 0.229. The Morgan fingerprint density at radius 2 is 1.76 bits per heavy atom. The molecule has 0 atom stereocenters. The van der Waals surface area contributed by atoms with Crippen molar-refractivity contribution in [1.29, 1.82) is 0 Å². The predicted molar refractivity (Wildman–Crippen MR) is 132 cm³/mol. The molecule has 0 bridgehead atoms. The fourth-order valence-corrected chi connectivity index (χ4v) is 4.27. The van der Waals surface area contributed by atoms with Crippen LogP contribution in [0.1, 0.15) is 21.5 Å². The normalized spacial score (nSPS) is 14.5. The van der Waals surface area contributed by atoms with Crippen LogP contribution in [0, 0.1) is 6.92 Å². The van der Waals surface area contributed by atoms with Crippen molar-refractivity contribution in [1.82, 2.24) is 4.90 Å². The third kappa shape index (κ3) is 5.68. The van der Waals surface area contributed by atoms with Gasteiger partial charge in [-0.15, -0.1) is 0 Å². The predicted octanol–water partition coefficient (Wildman–Crippen LogP) is 5.98. The van der Waals surface area contributed by atoms with Crippen molar-refractivity contribution in [3.8, 4) is 11.5 Å². The number of imide groups is 1. The van der Waals surface area contributed by atoms with Crippen molar-refractivity contribution in [2.45, 2.75) is 6.92 Å². The first-order chi connectivity index (χ1) is 16.4. The Bertz CT molecular complexity index is 1270. The minimum absolute atomic E-state index is 0.144. The number of hydrogen-bond acceptors (Lipinski definition) is 6. The summed E-state index contributed by atoms with van der Waals surface area (Å²) in [5, 5.41) is -0.0613. The maximum absolute atomic E-state index is 12.8. The summed E-state index contributed by atoms with van der Waals surface area (Å²) in [6, 6.07) is 20.8. The van der Waals surface area contributed by atoms with E-state index >= 15 is 0 Å². The molecule has 0 N–H and O–H groups in total. The van der Waals surface area contributed by atoms with Crippen LogP contribution < -0.4 is 9.47 Å². The van der Waals surface area contributed by atoms with Crippen LogP contribution in [0.3, 0.4) is 0 Å². The molecule has 0 aromatic heterocycles. The third-order valence-corrected chi connectivity index (χ3v) is 6.18. The Morgan fingerprint density at radius 3 is 2.53 bits per heavy atom. The number of ether oxygens (including phenoxy) is 2. The molecule has 0 aliphatic carbocycles. The topological polar surface area (TPSA) is 72.9 Å². The number of nitrogens with zero attached hydrogens (tertiary/aromatic N) is 1. The summed E-state index contributed by atoms with van der Waals surface area (Å²) in [6.07, 6.45) is 1.60. The van der Waals surface area contributed by atoms with E-state index in [2.05, 4.69) is 0 Å². The van der Waals surface area contributed by atoms with E-state index in [1.54, 1.807) is 54.6 Å². The van der Waals surface area contributed by atoms with Gasteiger partial charge < -0.3 is 9.47 Å². The number of esters is 1. The Hall–Kier alpha value is -3.55. The number of hydrogen-bond donors (Lipinski definition) is 0. The summed E-state index contributed by atoms with van der Waals surface area (Å²) in [4.78, 5) is 39.0. The lowest BCUT2D eigenvalue weighted by Gasteiger charge is -2.13. The summed E-state index contributed by atoms with van der Waals surface area (Å²) >= 11 is 6.92. The van der Waals surface area contributed by atoms with Gasteiger partial charge in [-0.05, 0) is 66.7 Å². The summed E-state index contributed by atoms with van der Waals surface area (Å²) in [7, 11) is 0. The Morgan fingerprint density at radius 1 is 1.00 bits per heavy atom. The smallest absolute Gasteiger partial charge is 0.345 e. The minimum Gasteiger partial charge on any atom is -0.492 e. The SMILES string of the molecule is Cc1ccc(OCCN2C(=O)S/C(=C\c3cccc(OC(=O)c4ccccc4Cl)c3)C2=O)cc1. The molecule has 6 nitrogen and oxygen atoms in total. The highest BCUT2D eigenvalue weighted by Crippen LogP contribution is 2.32. The largest absolute Gasteiger partial charge is 0.492 e. The highest BCUT2D eigenvalue weighted by molar-refractivity contribution is 8.18. The summed E-state index contributed by atoms with van der Waals surface area (Å²) in [6.45, 7) is 2.32. The monoisotopic (exact) mass is 493 g/mol. The molecule has 1 saturated heterocycles. The van der Waals surface area contributed by atoms with Crippen molar-refractivity contribution in [3.63, 3.8) is 0 Å². The minimum atomic E-state index is -0.586. The van der Waals surface area contributed by atoms with Crippen LogP contribution in [0.15, 0.2) is 77.7 Å². The summed E-state index contributed by atoms with van der Waals surface area (Å²) in [5.41, 5.74) is 1.99. The van der Waals surface area contributed by atoms with Crippen molar-refractivity contribution in [2.24, 2.45) is 0 Å². The molecule has 1 aliphatic rings. The van der Waals surface area contributed by atoms with Gasteiger partial charge in [-0.1, -0.05) is 53.6 Å². The lowest BCUT2D eigenvalue weighted by Crippen LogP contribution is -2.32. The van der Waals surface area contributed by atoms with E-state index in [1.807, 2.05) is 31.2 Å². The molecule has 34 heavy (non-hydrogen) atoms. The van der Waals surface area contributed by atoms with Gasteiger partial charge in [-0.25, -0.2) is 4.79 Å². The fourth-order valence-electron chi connectivity index (χ4n) is 3.19. The van der Waals surface area contributed by atoms with Gasteiger partial charge in [0.25, 0.3) is 11.1 Å². The first kappa shape index (κ1) is 23.6. The van der Waals surface area contributed by atoms with E-state index in [1.165, 1.54) is 0 Å². The van der Waals surface area contributed by atoms with Crippen molar-refractivity contribution in [2.75, 3.05) is 13.2 Å². The molecule has 1 aliphatic heterocycles.